The lowest BCUT2D eigenvalue weighted by Gasteiger charge is -2.28. The molecule has 0 atom stereocenters. The Kier molecular flexibility index (Phi) is 7.14. The summed E-state index contributed by atoms with van der Waals surface area (Å²) >= 11 is 7.48. The molecule has 1 aliphatic carbocycles. The van der Waals surface area contributed by atoms with Crippen molar-refractivity contribution in [1.29, 1.82) is 0 Å². The number of amides is 1. The van der Waals surface area contributed by atoms with Crippen LogP contribution in [0.3, 0.4) is 0 Å². The maximum absolute atomic E-state index is 12.1. The lowest BCUT2D eigenvalue weighted by molar-refractivity contribution is -0.121. The minimum Gasteiger partial charge on any atom is -0.460 e. The molecule has 1 heterocycles. The fraction of sp³-hybridized carbons (Fsp3) is 0.421. The summed E-state index contributed by atoms with van der Waals surface area (Å²) in [7, 11) is 0. The van der Waals surface area contributed by atoms with Gasteiger partial charge in [-0.2, -0.15) is 0 Å². The number of nitrogens with one attached hydrogen (secondary N) is 1. The van der Waals surface area contributed by atoms with E-state index in [0.717, 1.165) is 31.4 Å². The summed E-state index contributed by atoms with van der Waals surface area (Å²) in [4.78, 5) is 21.4. The van der Waals surface area contributed by atoms with Gasteiger partial charge in [0.1, 0.15) is 6.10 Å². The number of rotatable bonds is 7. The van der Waals surface area contributed by atoms with Crippen molar-refractivity contribution >= 4 is 29.3 Å². The predicted octanol–water partition coefficient (Wildman–Crippen LogP) is 4.12. The van der Waals surface area contributed by atoms with Crippen LogP contribution in [0.2, 0.25) is 5.02 Å². The molecule has 0 radical (unpaired) electrons. The van der Waals surface area contributed by atoms with Crippen LogP contribution in [0.25, 0.3) is 0 Å². The smallest absolute Gasteiger partial charge is 0.316 e. The van der Waals surface area contributed by atoms with Gasteiger partial charge >= 0.3 is 6.01 Å². The topological polar surface area (TPSA) is 64.1 Å². The fourth-order valence-corrected chi connectivity index (χ4v) is 3.88. The van der Waals surface area contributed by atoms with Crippen molar-refractivity contribution in [2.24, 2.45) is 0 Å². The summed E-state index contributed by atoms with van der Waals surface area (Å²) in [6, 6.07) is 10.7. The molecular weight excluding hydrogens is 370 g/mol. The number of aromatic nitrogens is 2. The summed E-state index contributed by atoms with van der Waals surface area (Å²) in [5, 5.41) is 3.64. The molecule has 1 N–H and O–H groups in total. The van der Waals surface area contributed by atoms with Gasteiger partial charge in [0, 0.05) is 23.1 Å². The van der Waals surface area contributed by atoms with Crippen molar-refractivity contribution in [2.45, 2.75) is 49.1 Å². The first kappa shape index (κ1) is 19.0. The average molecular weight is 392 g/mol. The van der Waals surface area contributed by atoms with Gasteiger partial charge in [0.2, 0.25) is 5.91 Å². The van der Waals surface area contributed by atoms with Gasteiger partial charge in [0.15, 0.2) is 0 Å². The Morgan fingerprint density at radius 3 is 2.54 bits per heavy atom. The zero-order valence-corrected chi connectivity index (χ0v) is 16.0. The average Bonchev–Trinajstić information content (AvgIpc) is 2.66. The third kappa shape index (κ3) is 6.18. The fourth-order valence-electron chi connectivity index (χ4n) is 2.91. The molecule has 1 aromatic heterocycles. The molecule has 0 unspecified atom stereocenters. The number of carbonyl (C=O) groups is 1. The number of hydrogen-bond acceptors (Lipinski definition) is 5. The van der Waals surface area contributed by atoms with Crippen LogP contribution in [0.15, 0.2) is 47.6 Å². The summed E-state index contributed by atoms with van der Waals surface area (Å²) in [5.74, 6) is 0.918. The molecule has 0 saturated heterocycles. The molecule has 26 heavy (non-hydrogen) atoms. The molecule has 0 bridgehead atoms. The van der Waals surface area contributed by atoms with Crippen LogP contribution >= 0.6 is 23.4 Å². The molecule has 7 heteroatoms. The van der Waals surface area contributed by atoms with Crippen molar-refractivity contribution in [1.82, 2.24) is 15.3 Å². The standard InChI is InChI=1S/C19H22ClN3O2S/c20-14-12-21-19(22-13-14)25-16-8-6-15(7-9-16)23-18(24)10-11-26-17-4-2-1-3-5-17/h1-5,12-13,15-16H,6-11H2,(H,23,24). The second-order valence-corrected chi connectivity index (χ2v) is 7.86. The molecule has 5 nitrogen and oxygen atoms in total. The largest absolute Gasteiger partial charge is 0.460 e. The van der Waals surface area contributed by atoms with Crippen molar-refractivity contribution in [3.05, 3.63) is 47.7 Å². The molecular formula is C19H22ClN3O2S. The van der Waals surface area contributed by atoms with E-state index in [0.29, 0.717) is 17.5 Å². The second-order valence-electron chi connectivity index (χ2n) is 6.25. The first-order chi connectivity index (χ1) is 12.7. The highest BCUT2D eigenvalue weighted by Crippen LogP contribution is 2.23. The highest BCUT2D eigenvalue weighted by molar-refractivity contribution is 7.99. The van der Waals surface area contributed by atoms with E-state index < -0.39 is 0 Å². The normalized spacial score (nSPS) is 19.7. The number of carbonyl (C=O) groups excluding carboxylic acids is 1. The molecule has 0 spiro atoms. The quantitative estimate of drug-likeness (QED) is 0.719. The highest BCUT2D eigenvalue weighted by Gasteiger charge is 2.24. The Bertz CT molecular complexity index is 692. The third-order valence-electron chi connectivity index (χ3n) is 4.25. The minimum absolute atomic E-state index is 0.0953. The van der Waals surface area contributed by atoms with Crippen LogP contribution < -0.4 is 10.1 Å². The maximum atomic E-state index is 12.1. The number of benzene rings is 1. The van der Waals surface area contributed by atoms with Gasteiger partial charge in [0.25, 0.3) is 0 Å². The minimum atomic E-state index is 0.0953. The van der Waals surface area contributed by atoms with E-state index in [1.807, 2.05) is 18.2 Å². The first-order valence-electron chi connectivity index (χ1n) is 8.80. The lowest BCUT2D eigenvalue weighted by Crippen LogP contribution is -2.39. The number of halogens is 1. The van der Waals surface area contributed by atoms with E-state index >= 15 is 0 Å². The van der Waals surface area contributed by atoms with E-state index in [9.17, 15) is 4.79 Å². The van der Waals surface area contributed by atoms with Crippen molar-refractivity contribution in [3.63, 3.8) is 0 Å². The van der Waals surface area contributed by atoms with Gasteiger partial charge in [-0.3, -0.25) is 4.79 Å². The van der Waals surface area contributed by atoms with Gasteiger partial charge < -0.3 is 10.1 Å². The van der Waals surface area contributed by atoms with Gasteiger partial charge in [-0.05, 0) is 37.8 Å². The van der Waals surface area contributed by atoms with Crippen molar-refractivity contribution < 1.29 is 9.53 Å². The summed E-state index contributed by atoms with van der Waals surface area (Å²) in [6.45, 7) is 0. The Balaban J connectivity index is 1.33. The van der Waals surface area contributed by atoms with Gasteiger partial charge in [-0.1, -0.05) is 29.8 Å². The van der Waals surface area contributed by atoms with E-state index in [4.69, 9.17) is 16.3 Å². The maximum Gasteiger partial charge on any atom is 0.316 e. The number of thioether (sulfide) groups is 1. The van der Waals surface area contributed by atoms with Crippen LogP contribution in [0.4, 0.5) is 0 Å². The Morgan fingerprint density at radius 1 is 1.15 bits per heavy atom. The third-order valence-corrected chi connectivity index (χ3v) is 5.46. The number of nitrogens with zero attached hydrogens (tertiary/aromatic N) is 2. The Hall–Kier alpha value is -1.79. The van der Waals surface area contributed by atoms with Gasteiger partial charge in [-0.15, -0.1) is 11.8 Å². The van der Waals surface area contributed by atoms with E-state index in [1.54, 1.807) is 11.8 Å². The lowest BCUT2D eigenvalue weighted by atomic mass is 9.93. The first-order valence-corrected chi connectivity index (χ1v) is 10.2. The van der Waals surface area contributed by atoms with Crippen LogP contribution in [0.1, 0.15) is 32.1 Å². The van der Waals surface area contributed by atoms with Crippen LogP contribution in [-0.4, -0.2) is 33.8 Å². The molecule has 2 aromatic rings. The molecule has 1 saturated carbocycles. The summed E-state index contributed by atoms with van der Waals surface area (Å²) in [5.41, 5.74) is 0. The van der Waals surface area contributed by atoms with Crippen LogP contribution in [0.5, 0.6) is 6.01 Å². The summed E-state index contributed by atoms with van der Waals surface area (Å²) in [6.07, 6.45) is 7.29. The van der Waals surface area contributed by atoms with E-state index in [2.05, 4.69) is 27.4 Å². The van der Waals surface area contributed by atoms with Gasteiger partial charge in [0.05, 0.1) is 17.4 Å². The van der Waals surface area contributed by atoms with Crippen molar-refractivity contribution in [3.8, 4) is 6.01 Å². The molecule has 1 aromatic carbocycles. The van der Waals surface area contributed by atoms with Crippen LogP contribution in [-0.2, 0) is 4.79 Å². The molecule has 1 aliphatic rings. The Labute approximate surface area is 162 Å². The van der Waals surface area contributed by atoms with E-state index in [-0.39, 0.29) is 18.1 Å². The monoisotopic (exact) mass is 391 g/mol. The SMILES string of the molecule is O=C(CCSc1ccccc1)NC1CCC(Oc2ncc(Cl)cn2)CC1. The molecule has 1 fully saturated rings. The predicted molar refractivity (Wildman–Crippen MR) is 104 cm³/mol. The summed E-state index contributed by atoms with van der Waals surface area (Å²) < 4.78 is 5.78. The molecule has 0 aliphatic heterocycles. The van der Waals surface area contributed by atoms with Crippen molar-refractivity contribution in [2.75, 3.05) is 5.75 Å². The highest BCUT2D eigenvalue weighted by atomic mass is 35.5. The second kappa shape index (κ2) is 9.78. The van der Waals surface area contributed by atoms with Crippen LogP contribution in [0, 0.1) is 0 Å². The number of hydrogen-bond donors (Lipinski definition) is 1. The molecule has 3 rings (SSSR count). The zero-order chi connectivity index (χ0) is 18.2. The Morgan fingerprint density at radius 2 is 1.85 bits per heavy atom. The van der Waals surface area contributed by atoms with Gasteiger partial charge in [-0.25, -0.2) is 9.97 Å². The molecule has 138 valence electrons. The molecule has 1 amide bonds. The van der Waals surface area contributed by atoms with E-state index in [1.165, 1.54) is 17.3 Å². The number of ether oxygens (including phenoxy) is 1. The zero-order valence-electron chi connectivity index (χ0n) is 14.4.